The molecule has 0 aliphatic carbocycles. The molecule has 0 aliphatic rings. The van der Waals surface area contributed by atoms with E-state index in [1.807, 2.05) is 12.2 Å². The van der Waals surface area contributed by atoms with Gasteiger partial charge in [-0.2, -0.15) is 0 Å². The molecule has 46 valence electrons. The second-order valence-electron chi connectivity index (χ2n) is 1.76. The summed E-state index contributed by atoms with van der Waals surface area (Å²) in [5, 5.41) is 0. The van der Waals surface area contributed by atoms with Gasteiger partial charge < -0.3 is 5.73 Å². The summed E-state index contributed by atoms with van der Waals surface area (Å²) in [6.45, 7) is 7.89. The SMILES string of the molecule is C=CCC(C=C)CN. The topological polar surface area (TPSA) is 26.0 Å². The van der Waals surface area contributed by atoms with Crippen molar-refractivity contribution in [3.63, 3.8) is 0 Å². The van der Waals surface area contributed by atoms with Gasteiger partial charge in [0.05, 0.1) is 0 Å². The fraction of sp³-hybridized carbons (Fsp3) is 0.429. The van der Waals surface area contributed by atoms with Crippen molar-refractivity contribution in [3.05, 3.63) is 25.3 Å². The Balaban J connectivity index is 3.35. The third kappa shape index (κ3) is 2.59. The molecule has 0 saturated heterocycles. The predicted molar refractivity (Wildman–Crippen MR) is 37.6 cm³/mol. The van der Waals surface area contributed by atoms with Crippen LogP contribution < -0.4 is 5.73 Å². The molecule has 1 heteroatoms. The summed E-state index contributed by atoms with van der Waals surface area (Å²) >= 11 is 0. The quantitative estimate of drug-likeness (QED) is 0.544. The van der Waals surface area contributed by atoms with E-state index in [0.717, 1.165) is 6.42 Å². The van der Waals surface area contributed by atoms with Crippen molar-refractivity contribution in [1.29, 1.82) is 0 Å². The van der Waals surface area contributed by atoms with Gasteiger partial charge in [-0.15, -0.1) is 13.2 Å². The van der Waals surface area contributed by atoms with Gasteiger partial charge in [0.25, 0.3) is 0 Å². The van der Waals surface area contributed by atoms with E-state index < -0.39 is 0 Å². The first-order valence-corrected chi connectivity index (χ1v) is 2.78. The van der Waals surface area contributed by atoms with Crippen molar-refractivity contribution < 1.29 is 0 Å². The van der Waals surface area contributed by atoms with Crippen molar-refractivity contribution in [1.82, 2.24) is 0 Å². The minimum atomic E-state index is 0.424. The van der Waals surface area contributed by atoms with Crippen molar-refractivity contribution in [2.24, 2.45) is 11.7 Å². The third-order valence-electron chi connectivity index (χ3n) is 1.11. The number of hydrogen-bond donors (Lipinski definition) is 1. The van der Waals surface area contributed by atoms with Gasteiger partial charge in [0.2, 0.25) is 0 Å². The second-order valence-corrected chi connectivity index (χ2v) is 1.76. The van der Waals surface area contributed by atoms with Crippen molar-refractivity contribution in [2.75, 3.05) is 6.54 Å². The lowest BCUT2D eigenvalue weighted by Gasteiger charge is -2.02. The number of rotatable bonds is 4. The van der Waals surface area contributed by atoms with Gasteiger partial charge in [0, 0.05) is 0 Å². The largest absolute Gasteiger partial charge is 0.330 e. The molecule has 0 saturated carbocycles. The van der Waals surface area contributed by atoms with E-state index in [1.54, 1.807) is 0 Å². The molecule has 0 aliphatic heterocycles. The van der Waals surface area contributed by atoms with Crippen molar-refractivity contribution in [2.45, 2.75) is 6.42 Å². The van der Waals surface area contributed by atoms with Crippen molar-refractivity contribution in [3.8, 4) is 0 Å². The van der Waals surface area contributed by atoms with Crippen LogP contribution in [0.5, 0.6) is 0 Å². The van der Waals surface area contributed by atoms with Crippen LogP contribution in [0.1, 0.15) is 6.42 Å². The zero-order valence-corrected chi connectivity index (χ0v) is 5.14. The Labute approximate surface area is 50.9 Å². The zero-order valence-electron chi connectivity index (χ0n) is 5.14. The molecule has 2 N–H and O–H groups in total. The maximum Gasteiger partial charge on any atom is -0.00113 e. The first kappa shape index (κ1) is 7.44. The summed E-state index contributed by atoms with van der Waals surface area (Å²) in [6, 6.07) is 0. The van der Waals surface area contributed by atoms with Gasteiger partial charge in [-0.25, -0.2) is 0 Å². The van der Waals surface area contributed by atoms with Crippen LogP contribution in [0.25, 0.3) is 0 Å². The van der Waals surface area contributed by atoms with Gasteiger partial charge in [0.1, 0.15) is 0 Å². The van der Waals surface area contributed by atoms with Crippen LogP contribution in [-0.4, -0.2) is 6.54 Å². The molecule has 0 amide bonds. The highest BCUT2D eigenvalue weighted by Crippen LogP contribution is 2.00. The molecule has 1 unspecified atom stereocenters. The molecule has 0 aromatic heterocycles. The molecule has 8 heavy (non-hydrogen) atoms. The Morgan fingerprint density at radius 1 is 1.50 bits per heavy atom. The molecule has 0 rings (SSSR count). The fourth-order valence-electron chi connectivity index (χ4n) is 0.503. The number of hydrogen-bond acceptors (Lipinski definition) is 1. The summed E-state index contributed by atoms with van der Waals surface area (Å²) in [7, 11) is 0. The van der Waals surface area contributed by atoms with Crippen LogP contribution in [0.2, 0.25) is 0 Å². The highest BCUT2D eigenvalue weighted by molar-refractivity contribution is 4.85. The smallest absolute Gasteiger partial charge is 0.00113 e. The summed E-state index contributed by atoms with van der Waals surface area (Å²) in [5.74, 6) is 0.424. The lowest BCUT2D eigenvalue weighted by molar-refractivity contribution is 0.677. The first-order valence-electron chi connectivity index (χ1n) is 2.78. The molecule has 0 heterocycles. The van der Waals surface area contributed by atoms with Crippen LogP contribution in [-0.2, 0) is 0 Å². The minimum absolute atomic E-state index is 0.424. The standard InChI is InChI=1S/C7H13N/c1-3-5-7(4-2)6-8/h3-4,7H,1-2,5-6,8H2. The van der Waals surface area contributed by atoms with Gasteiger partial charge in [-0.1, -0.05) is 12.2 Å². The molecule has 0 fully saturated rings. The predicted octanol–water partition coefficient (Wildman–Crippen LogP) is 1.32. The average Bonchev–Trinajstić information content (AvgIpc) is 1.83. The van der Waals surface area contributed by atoms with Gasteiger partial charge in [-0.05, 0) is 18.9 Å². The van der Waals surface area contributed by atoms with Crippen LogP contribution in [0, 0.1) is 5.92 Å². The molecule has 0 aromatic rings. The van der Waals surface area contributed by atoms with E-state index in [0.29, 0.717) is 12.5 Å². The molecule has 0 bridgehead atoms. The molecular formula is C7H13N. The number of nitrogens with two attached hydrogens (primary N) is 1. The van der Waals surface area contributed by atoms with Gasteiger partial charge in [0.15, 0.2) is 0 Å². The molecular weight excluding hydrogens is 98.1 g/mol. The second kappa shape index (κ2) is 4.60. The van der Waals surface area contributed by atoms with E-state index >= 15 is 0 Å². The minimum Gasteiger partial charge on any atom is -0.330 e. The Morgan fingerprint density at radius 2 is 2.12 bits per heavy atom. The fourth-order valence-corrected chi connectivity index (χ4v) is 0.503. The van der Waals surface area contributed by atoms with E-state index in [4.69, 9.17) is 5.73 Å². The first-order chi connectivity index (χ1) is 3.85. The Hall–Kier alpha value is -0.560. The maximum absolute atomic E-state index is 5.35. The van der Waals surface area contributed by atoms with Crippen LogP contribution in [0.4, 0.5) is 0 Å². The Bertz CT molecular complexity index is 76.5. The maximum atomic E-state index is 5.35. The lowest BCUT2D eigenvalue weighted by atomic mass is 10.1. The highest BCUT2D eigenvalue weighted by Gasteiger charge is 1.94. The van der Waals surface area contributed by atoms with Crippen LogP contribution in [0.15, 0.2) is 25.3 Å². The van der Waals surface area contributed by atoms with Crippen molar-refractivity contribution >= 4 is 0 Å². The summed E-state index contributed by atoms with van der Waals surface area (Å²) in [5.41, 5.74) is 5.35. The molecule has 0 radical (unpaired) electrons. The Kier molecular flexibility index (Phi) is 4.27. The van der Waals surface area contributed by atoms with E-state index in [2.05, 4.69) is 13.2 Å². The summed E-state index contributed by atoms with van der Waals surface area (Å²) in [6.07, 6.45) is 4.67. The van der Waals surface area contributed by atoms with Crippen LogP contribution >= 0.6 is 0 Å². The molecule has 0 spiro atoms. The summed E-state index contributed by atoms with van der Waals surface area (Å²) < 4.78 is 0. The Morgan fingerprint density at radius 3 is 2.25 bits per heavy atom. The third-order valence-corrected chi connectivity index (χ3v) is 1.11. The molecule has 0 aromatic carbocycles. The highest BCUT2D eigenvalue weighted by atomic mass is 14.5. The monoisotopic (exact) mass is 111 g/mol. The average molecular weight is 111 g/mol. The molecule has 1 nitrogen and oxygen atoms in total. The lowest BCUT2D eigenvalue weighted by Crippen LogP contribution is -2.10. The van der Waals surface area contributed by atoms with Crippen LogP contribution in [0.3, 0.4) is 0 Å². The van der Waals surface area contributed by atoms with E-state index in [9.17, 15) is 0 Å². The van der Waals surface area contributed by atoms with Gasteiger partial charge >= 0.3 is 0 Å². The number of allylic oxidation sites excluding steroid dienone is 1. The zero-order chi connectivity index (χ0) is 6.41. The summed E-state index contributed by atoms with van der Waals surface area (Å²) in [4.78, 5) is 0. The van der Waals surface area contributed by atoms with E-state index in [1.165, 1.54) is 0 Å². The molecule has 1 atom stereocenters. The van der Waals surface area contributed by atoms with Gasteiger partial charge in [-0.3, -0.25) is 0 Å². The normalized spacial score (nSPS) is 12.6. The van der Waals surface area contributed by atoms with E-state index in [-0.39, 0.29) is 0 Å².